The van der Waals surface area contributed by atoms with Gasteiger partial charge >= 0.3 is 0 Å². The summed E-state index contributed by atoms with van der Waals surface area (Å²) in [7, 11) is 4.97. The monoisotopic (exact) mass is 265 g/mol. The second-order valence-corrected chi connectivity index (χ2v) is 5.11. The zero-order valence-corrected chi connectivity index (χ0v) is 12.2. The van der Waals surface area contributed by atoms with Crippen LogP contribution in [0.4, 0.5) is 0 Å². The van der Waals surface area contributed by atoms with Crippen LogP contribution < -0.4 is 19.5 Å². The van der Waals surface area contributed by atoms with Crippen LogP contribution in [-0.2, 0) is 6.54 Å². The first-order chi connectivity index (χ1) is 9.19. The molecule has 2 unspecified atom stereocenters. The highest BCUT2D eigenvalue weighted by atomic mass is 16.5. The molecule has 0 heterocycles. The van der Waals surface area contributed by atoms with Crippen LogP contribution in [0.1, 0.15) is 18.9 Å². The van der Waals surface area contributed by atoms with Gasteiger partial charge in [-0.25, -0.2) is 0 Å². The maximum absolute atomic E-state index is 5.42. The number of hydrogen-bond donors (Lipinski definition) is 1. The molecule has 4 nitrogen and oxygen atoms in total. The Bertz CT molecular complexity index is 408. The Morgan fingerprint density at radius 1 is 1.11 bits per heavy atom. The van der Waals surface area contributed by atoms with E-state index >= 15 is 0 Å². The van der Waals surface area contributed by atoms with E-state index in [1.165, 1.54) is 6.42 Å². The molecule has 0 aromatic heterocycles. The van der Waals surface area contributed by atoms with Gasteiger partial charge in [-0.2, -0.15) is 0 Å². The third-order valence-electron chi connectivity index (χ3n) is 3.80. The van der Waals surface area contributed by atoms with Crippen LogP contribution in [0.3, 0.4) is 0 Å². The predicted molar refractivity (Wildman–Crippen MR) is 75.1 cm³/mol. The zero-order chi connectivity index (χ0) is 13.8. The van der Waals surface area contributed by atoms with Crippen molar-refractivity contribution in [2.45, 2.75) is 19.9 Å². The van der Waals surface area contributed by atoms with Gasteiger partial charge in [0.05, 0.1) is 26.9 Å². The zero-order valence-electron chi connectivity index (χ0n) is 12.2. The molecule has 1 aromatic carbocycles. The highest BCUT2D eigenvalue weighted by Gasteiger charge is 2.31. The summed E-state index contributed by atoms with van der Waals surface area (Å²) in [5.41, 5.74) is 1.04. The SMILES string of the molecule is COc1cc(OC)c(CNCC2CC2C)c(OC)c1. The second kappa shape index (κ2) is 6.15. The molecule has 106 valence electrons. The smallest absolute Gasteiger partial charge is 0.130 e. The van der Waals surface area contributed by atoms with Crippen LogP contribution in [0.5, 0.6) is 17.2 Å². The number of benzene rings is 1. The Morgan fingerprint density at radius 2 is 1.68 bits per heavy atom. The van der Waals surface area contributed by atoms with Crippen molar-refractivity contribution in [3.63, 3.8) is 0 Å². The lowest BCUT2D eigenvalue weighted by atomic mass is 10.1. The van der Waals surface area contributed by atoms with Gasteiger partial charge in [-0.15, -0.1) is 0 Å². The molecular weight excluding hydrogens is 242 g/mol. The first kappa shape index (κ1) is 14.0. The molecule has 2 rings (SSSR count). The Morgan fingerprint density at radius 3 is 2.11 bits per heavy atom. The van der Waals surface area contributed by atoms with Crippen molar-refractivity contribution in [3.05, 3.63) is 17.7 Å². The average Bonchev–Trinajstić information content (AvgIpc) is 3.14. The Balaban J connectivity index is 2.07. The van der Waals surface area contributed by atoms with Crippen molar-refractivity contribution in [1.29, 1.82) is 0 Å². The number of rotatable bonds is 7. The van der Waals surface area contributed by atoms with E-state index in [0.717, 1.165) is 47.7 Å². The molecular formula is C15H23NO3. The normalized spacial score (nSPS) is 21.1. The maximum Gasteiger partial charge on any atom is 0.130 e. The Kier molecular flexibility index (Phi) is 4.53. The van der Waals surface area contributed by atoms with Gasteiger partial charge in [-0.3, -0.25) is 0 Å². The predicted octanol–water partition coefficient (Wildman–Crippen LogP) is 2.46. The van der Waals surface area contributed by atoms with Crippen LogP contribution in [0.25, 0.3) is 0 Å². The summed E-state index contributed by atoms with van der Waals surface area (Å²) in [4.78, 5) is 0. The first-order valence-corrected chi connectivity index (χ1v) is 6.69. The molecule has 4 heteroatoms. The maximum atomic E-state index is 5.42. The van der Waals surface area contributed by atoms with E-state index in [1.807, 2.05) is 12.1 Å². The fourth-order valence-corrected chi connectivity index (χ4v) is 2.32. The second-order valence-electron chi connectivity index (χ2n) is 5.11. The summed E-state index contributed by atoms with van der Waals surface area (Å²) in [5.74, 6) is 4.04. The highest BCUT2D eigenvalue weighted by molar-refractivity contribution is 5.50. The van der Waals surface area contributed by atoms with Gasteiger partial charge in [-0.05, 0) is 24.8 Å². The molecule has 0 amide bonds. The minimum atomic E-state index is 0.744. The molecule has 1 aromatic rings. The molecule has 1 aliphatic rings. The van der Waals surface area contributed by atoms with Crippen molar-refractivity contribution in [3.8, 4) is 17.2 Å². The number of hydrogen-bond acceptors (Lipinski definition) is 4. The Labute approximate surface area is 115 Å². The van der Waals surface area contributed by atoms with Crippen molar-refractivity contribution < 1.29 is 14.2 Å². The van der Waals surface area contributed by atoms with Crippen LogP contribution in [0.15, 0.2) is 12.1 Å². The van der Waals surface area contributed by atoms with Gasteiger partial charge in [0.2, 0.25) is 0 Å². The fraction of sp³-hybridized carbons (Fsp3) is 0.600. The largest absolute Gasteiger partial charge is 0.496 e. The van der Waals surface area contributed by atoms with Gasteiger partial charge < -0.3 is 19.5 Å². The highest BCUT2D eigenvalue weighted by Crippen LogP contribution is 2.37. The molecule has 0 aliphatic heterocycles. The van der Waals surface area contributed by atoms with Gasteiger partial charge in [0.1, 0.15) is 17.2 Å². The quantitative estimate of drug-likeness (QED) is 0.822. The molecule has 0 bridgehead atoms. The number of methoxy groups -OCH3 is 3. The molecule has 2 atom stereocenters. The molecule has 19 heavy (non-hydrogen) atoms. The summed E-state index contributed by atoms with van der Waals surface area (Å²) in [6.45, 7) is 4.10. The van der Waals surface area contributed by atoms with Crippen LogP contribution in [-0.4, -0.2) is 27.9 Å². The minimum Gasteiger partial charge on any atom is -0.496 e. The van der Waals surface area contributed by atoms with Crippen molar-refractivity contribution in [2.75, 3.05) is 27.9 Å². The first-order valence-electron chi connectivity index (χ1n) is 6.69. The summed E-state index contributed by atoms with van der Waals surface area (Å²) in [6.07, 6.45) is 1.34. The third kappa shape index (κ3) is 3.32. The van der Waals surface area contributed by atoms with E-state index in [9.17, 15) is 0 Å². The molecule has 1 saturated carbocycles. The van der Waals surface area contributed by atoms with E-state index in [-0.39, 0.29) is 0 Å². The lowest BCUT2D eigenvalue weighted by Crippen LogP contribution is -2.18. The van der Waals surface area contributed by atoms with E-state index in [2.05, 4.69) is 12.2 Å². The molecule has 0 saturated heterocycles. The molecule has 1 aliphatic carbocycles. The third-order valence-corrected chi connectivity index (χ3v) is 3.80. The average molecular weight is 265 g/mol. The van der Waals surface area contributed by atoms with Crippen molar-refractivity contribution in [1.82, 2.24) is 5.32 Å². The van der Waals surface area contributed by atoms with Crippen LogP contribution in [0.2, 0.25) is 0 Å². The lowest BCUT2D eigenvalue weighted by Gasteiger charge is -2.15. The molecule has 0 spiro atoms. The van der Waals surface area contributed by atoms with Gasteiger partial charge in [-0.1, -0.05) is 6.92 Å². The molecule has 1 fully saturated rings. The van der Waals surface area contributed by atoms with E-state index in [1.54, 1.807) is 21.3 Å². The molecule has 1 N–H and O–H groups in total. The lowest BCUT2D eigenvalue weighted by molar-refractivity contribution is 0.366. The minimum absolute atomic E-state index is 0.744. The summed E-state index contributed by atoms with van der Waals surface area (Å²) in [6, 6.07) is 3.78. The molecule has 0 radical (unpaired) electrons. The van der Waals surface area contributed by atoms with Crippen LogP contribution in [0, 0.1) is 11.8 Å². The van der Waals surface area contributed by atoms with E-state index in [4.69, 9.17) is 14.2 Å². The van der Waals surface area contributed by atoms with Gasteiger partial charge in [0, 0.05) is 18.7 Å². The number of nitrogens with one attached hydrogen (secondary N) is 1. The van der Waals surface area contributed by atoms with E-state index < -0.39 is 0 Å². The summed E-state index contributed by atoms with van der Waals surface area (Å²) < 4.78 is 16.1. The van der Waals surface area contributed by atoms with Crippen molar-refractivity contribution in [2.24, 2.45) is 11.8 Å². The van der Waals surface area contributed by atoms with Gasteiger partial charge in [0.25, 0.3) is 0 Å². The number of ether oxygens (including phenoxy) is 3. The van der Waals surface area contributed by atoms with Gasteiger partial charge in [0.15, 0.2) is 0 Å². The standard InChI is InChI=1S/C15H23NO3/c1-10-5-11(10)8-16-9-13-14(18-3)6-12(17-2)7-15(13)19-4/h6-7,10-11,16H,5,8-9H2,1-4H3. The Hall–Kier alpha value is -1.42. The fourth-order valence-electron chi connectivity index (χ4n) is 2.32. The van der Waals surface area contributed by atoms with Crippen LogP contribution >= 0.6 is 0 Å². The topological polar surface area (TPSA) is 39.7 Å². The summed E-state index contributed by atoms with van der Waals surface area (Å²) >= 11 is 0. The van der Waals surface area contributed by atoms with Crippen molar-refractivity contribution >= 4 is 0 Å². The summed E-state index contributed by atoms with van der Waals surface area (Å²) in [5, 5.41) is 3.48. The van der Waals surface area contributed by atoms with E-state index in [0.29, 0.717) is 0 Å².